The summed E-state index contributed by atoms with van der Waals surface area (Å²) in [6, 6.07) is 0. The molecule has 0 saturated carbocycles. The zero-order valence-corrected chi connectivity index (χ0v) is 7.65. The summed E-state index contributed by atoms with van der Waals surface area (Å²) in [5.41, 5.74) is -2.28. The van der Waals surface area contributed by atoms with Gasteiger partial charge in [0, 0.05) is 12.5 Å². The third-order valence-electron chi connectivity index (χ3n) is 1.26. The minimum Gasteiger partial charge on any atom is -0.335 e. The van der Waals surface area contributed by atoms with Gasteiger partial charge >= 0.3 is 0 Å². The normalized spacial score (nSPS) is 31.8. The number of hydrogen-bond acceptors (Lipinski definition) is 5. The van der Waals surface area contributed by atoms with E-state index in [9.17, 15) is 16.8 Å². The lowest BCUT2D eigenvalue weighted by Crippen LogP contribution is -2.14. The van der Waals surface area contributed by atoms with Gasteiger partial charge in [-0.25, -0.2) is 16.8 Å². The first-order chi connectivity index (χ1) is 4.73. The molecule has 5 nitrogen and oxygen atoms in total. The standard InChI is InChI=1S/C4H8O5S2/c1-10(5,6)3-4(9-3)11(2,7)8/h3-4H,1-2H3. The Labute approximate surface area is 65.2 Å². The molecule has 2 atom stereocenters. The molecule has 0 aromatic carbocycles. The van der Waals surface area contributed by atoms with Gasteiger partial charge in [-0.1, -0.05) is 0 Å². The molecule has 1 saturated heterocycles. The SMILES string of the molecule is CS(=O)(=O)C1OC1S(C)(=O)=O. The van der Waals surface area contributed by atoms with Crippen LogP contribution >= 0.6 is 0 Å². The van der Waals surface area contributed by atoms with E-state index in [1.165, 1.54) is 0 Å². The van der Waals surface area contributed by atoms with Crippen LogP contribution in [-0.4, -0.2) is 40.2 Å². The van der Waals surface area contributed by atoms with Crippen LogP contribution in [0, 0.1) is 0 Å². The Morgan fingerprint density at radius 2 is 1.18 bits per heavy atom. The fraction of sp³-hybridized carbons (Fsp3) is 1.00. The second kappa shape index (κ2) is 2.18. The topological polar surface area (TPSA) is 80.8 Å². The van der Waals surface area contributed by atoms with E-state index in [4.69, 9.17) is 0 Å². The van der Waals surface area contributed by atoms with Crippen LogP contribution in [0.15, 0.2) is 0 Å². The van der Waals surface area contributed by atoms with E-state index in [2.05, 4.69) is 4.74 Å². The number of epoxide rings is 1. The smallest absolute Gasteiger partial charge is 0.200 e. The molecule has 1 aliphatic heterocycles. The maximum absolute atomic E-state index is 10.7. The first kappa shape index (κ1) is 8.95. The van der Waals surface area contributed by atoms with E-state index in [-0.39, 0.29) is 0 Å². The van der Waals surface area contributed by atoms with Crippen molar-refractivity contribution in [1.82, 2.24) is 0 Å². The van der Waals surface area contributed by atoms with Crippen LogP contribution in [0.1, 0.15) is 0 Å². The highest BCUT2D eigenvalue weighted by atomic mass is 32.2. The number of hydrogen-bond donors (Lipinski definition) is 0. The first-order valence-electron chi connectivity index (χ1n) is 2.76. The summed E-state index contributed by atoms with van der Waals surface area (Å²) in [4.78, 5) is 0. The minimum absolute atomic E-state index is 0.947. The zero-order chi connectivity index (χ0) is 8.86. The number of ether oxygens (including phenoxy) is 1. The van der Waals surface area contributed by atoms with Crippen LogP contribution in [0.2, 0.25) is 0 Å². The molecule has 0 spiro atoms. The lowest BCUT2D eigenvalue weighted by Gasteiger charge is -1.88. The van der Waals surface area contributed by atoms with Gasteiger partial charge in [0.25, 0.3) is 0 Å². The van der Waals surface area contributed by atoms with Crippen molar-refractivity contribution in [2.24, 2.45) is 0 Å². The maximum Gasteiger partial charge on any atom is 0.200 e. The fourth-order valence-electron chi connectivity index (χ4n) is 0.692. The van der Waals surface area contributed by atoms with Crippen LogP contribution in [0.4, 0.5) is 0 Å². The van der Waals surface area contributed by atoms with Crippen LogP contribution < -0.4 is 0 Å². The molecule has 0 bridgehead atoms. The van der Waals surface area contributed by atoms with Gasteiger partial charge in [-0.15, -0.1) is 0 Å². The van der Waals surface area contributed by atoms with Crippen molar-refractivity contribution in [3.05, 3.63) is 0 Å². The van der Waals surface area contributed by atoms with Crippen molar-refractivity contribution in [2.75, 3.05) is 12.5 Å². The third-order valence-corrected chi connectivity index (χ3v) is 3.83. The Morgan fingerprint density at radius 3 is 1.27 bits per heavy atom. The number of sulfone groups is 2. The van der Waals surface area contributed by atoms with E-state index in [1.807, 2.05) is 0 Å². The molecule has 1 rings (SSSR count). The Morgan fingerprint density at radius 1 is 0.909 bits per heavy atom. The molecule has 66 valence electrons. The average molecular weight is 200 g/mol. The van der Waals surface area contributed by atoms with E-state index >= 15 is 0 Å². The maximum atomic E-state index is 10.7. The van der Waals surface area contributed by atoms with E-state index in [0.717, 1.165) is 12.5 Å². The van der Waals surface area contributed by atoms with Crippen molar-refractivity contribution >= 4 is 19.7 Å². The molecule has 0 amide bonds. The van der Waals surface area contributed by atoms with Gasteiger partial charge in [0.15, 0.2) is 19.7 Å². The summed E-state index contributed by atoms with van der Waals surface area (Å²) in [5.74, 6) is 0. The van der Waals surface area contributed by atoms with Crippen LogP contribution in [0.5, 0.6) is 0 Å². The van der Waals surface area contributed by atoms with Gasteiger partial charge in [-0.05, 0) is 0 Å². The minimum atomic E-state index is -3.36. The second-order valence-corrected chi connectivity index (χ2v) is 6.78. The summed E-state index contributed by atoms with van der Waals surface area (Å²) in [6.07, 6.45) is 1.89. The Kier molecular flexibility index (Phi) is 1.77. The second-order valence-electron chi connectivity index (χ2n) is 2.53. The van der Waals surface area contributed by atoms with Gasteiger partial charge in [0.05, 0.1) is 0 Å². The highest BCUT2D eigenvalue weighted by Gasteiger charge is 2.53. The van der Waals surface area contributed by atoms with E-state index in [1.54, 1.807) is 0 Å². The summed E-state index contributed by atoms with van der Waals surface area (Å²) in [7, 11) is -6.73. The first-order valence-corrected chi connectivity index (χ1v) is 6.67. The Balaban J connectivity index is 2.81. The van der Waals surface area contributed by atoms with Crippen molar-refractivity contribution < 1.29 is 21.6 Å². The summed E-state index contributed by atoms with van der Waals surface area (Å²) in [6.45, 7) is 0. The summed E-state index contributed by atoms with van der Waals surface area (Å²) < 4.78 is 47.1. The molecule has 1 aliphatic rings. The molecule has 0 radical (unpaired) electrons. The Bertz CT molecular complexity index is 314. The van der Waals surface area contributed by atoms with Gasteiger partial charge in [0.1, 0.15) is 0 Å². The predicted molar refractivity (Wildman–Crippen MR) is 38.3 cm³/mol. The number of rotatable bonds is 2. The lowest BCUT2D eigenvalue weighted by atomic mass is 11.0. The van der Waals surface area contributed by atoms with Crippen molar-refractivity contribution in [3.8, 4) is 0 Å². The fourth-order valence-corrected chi connectivity index (χ4v) is 3.42. The van der Waals surface area contributed by atoms with Crippen LogP contribution in [0.25, 0.3) is 0 Å². The zero-order valence-electron chi connectivity index (χ0n) is 6.01. The van der Waals surface area contributed by atoms with Crippen LogP contribution in [0.3, 0.4) is 0 Å². The molecule has 0 N–H and O–H groups in total. The van der Waals surface area contributed by atoms with E-state index in [0.29, 0.717) is 0 Å². The van der Waals surface area contributed by atoms with Gasteiger partial charge in [0.2, 0.25) is 10.9 Å². The Hall–Kier alpha value is -0.140. The molecule has 7 heteroatoms. The molecular formula is C4H8O5S2. The largest absolute Gasteiger partial charge is 0.335 e. The van der Waals surface area contributed by atoms with Gasteiger partial charge in [-0.3, -0.25) is 0 Å². The summed E-state index contributed by atoms with van der Waals surface area (Å²) in [5, 5.41) is 0. The third kappa shape index (κ3) is 1.91. The monoisotopic (exact) mass is 200 g/mol. The van der Waals surface area contributed by atoms with Gasteiger partial charge in [-0.2, -0.15) is 0 Å². The highest BCUT2D eigenvalue weighted by Crippen LogP contribution is 2.30. The van der Waals surface area contributed by atoms with Crippen LogP contribution in [-0.2, 0) is 24.4 Å². The van der Waals surface area contributed by atoms with Crippen molar-refractivity contribution in [3.63, 3.8) is 0 Å². The summed E-state index contributed by atoms with van der Waals surface area (Å²) >= 11 is 0. The van der Waals surface area contributed by atoms with Crippen molar-refractivity contribution in [1.29, 1.82) is 0 Å². The average Bonchev–Trinajstić information content (AvgIpc) is 2.30. The molecule has 11 heavy (non-hydrogen) atoms. The molecular weight excluding hydrogens is 192 g/mol. The quantitative estimate of drug-likeness (QED) is 0.521. The van der Waals surface area contributed by atoms with Crippen molar-refractivity contribution in [2.45, 2.75) is 10.9 Å². The molecule has 0 aromatic heterocycles. The van der Waals surface area contributed by atoms with Gasteiger partial charge < -0.3 is 4.74 Å². The van der Waals surface area contributed by atoms with E-state index < -0.39 is 30.5 Å². The predicted octanol–water partition coefficient (Wildman–Crippen LogP) is -1.24. The molecule has 0 aromatic rings. The molecule has 1 heterocycles. The lowest BCUT2D eigenvalue weighted by molar-refractivity contribution is 0.426. The highest BCUT2D eigenvalue weighted by molar-refractivity contribution is 7.95. The molecule has 2 unspecified atom stereocenters. The molecule has 0 aliphatic carbocycles. The molecule has 1 fully saturated rings.